The molecule has 2 rings (SSSR count). The van der Waals surface area contributed by atoms with Crippen molar-refractivity contribution >= 4 is 23.3 Å². The van der Waals surface area contributed by atoms with Crippen molar-refractivity contribution in [3.8, 4) is 11.5 Å². The molecule has 0 aliphatic rings. The Kier molecular flexibility index (Phi) is 7.82. The minimum Gasteiger partial charge on any atom is -0.481 e. The molecule has 12 heteroatoms. The quantitative estimate of drug-likeness (QED) is 0.408. The number of carboxylic acids is 1. The first-order valence-electron chi connectivity index (χ1n) is 8.75. The Morgan fingerprint density at radius 2 is 1.97 bits per heavy atom. The number of benzene rings is 2. The smallest absolute Gasteiger partial charge is 0.416 e. The fourth-order valence-corrected chi connectivity index (χ4v) is 2.96. The predicted octanol–water partition coefficient (Wildman–Crippen LogP) is 5.11. The molecular formula is C19H18ClF3N2O6. The van der Waals surface area contributed by atoms with Crippen molar-refractivity contribution in [2.45, 2.75) is 18.5 Å². The maximum absolute atomic E-state index is 12.8. The monoisotopic (exact) mass is 462 g/mol. The second-order valence-electron chi connectivity index (χ2n) is 6.44. The molecule has 2 aromatic carbocycles. The highest BCUT2D eigenvalue weighted by Crippen LogP contribution is 2.38. The molecular weight excluding hydrogens is 445 g/mol. The minimum absolute atomic E-state index is 0.00893. The van der Waals surface area contributed by atoms with Crippen LogP contribution in [0.25, 0.3) is 0 Å². The van der Waals surface area contributed by atoms with Gasteiger partial charge in [0.1, 0.15) is 11.5 Å². The molecule has 0 bridgehead atoms. The molecule has 2 aromatic rings. The summed E-state index contributed by atoms with van der Waals surface area (Å²) in [4.78, 5) is 27.4. The molecule has 31 heavy (non-hydrogen) atoms. The third-order valence-electron chi connectivity index (χ3n) is 4.40. The van der Waals surface area contributed by atoms with Crippen LogP contribution in [0.2, 0.25) is 5.02 Å². The topological polar surface area (TPSA) is 102 Å². The van der Waals surface area contributed by atoms with Crippen molar-refractivity contribution in [3.05, 3.63) is 62.7 Å². The molecule has 168 valence electrons. The van der Waals surface area contributed by atoms with E-state index in [1.54, 1.807) is 7.05 Å². The number of hydroxylamine groups is 2. The van der Waals surface area contributed by atoms with Crippen LogP contribution < -0.4 is 4.74 Å². The van der Waals surface area contributed by atoms with Crippen LogP contribution in [0.5, 0.6) is 11.5 Å². The Morgan fingerprint density at radius 1 is 1.29 bits per heavy atom. The molecule has 1 N–H and O–H groups in total. The van der Waals surface area contributed by atoms with Crippen molar-refractivity contribution < 1.29 is 37.6 Å². The molecule has 0 heterocycles. The zero-order valence-corrected chi connectivity index (χ0v) is 17.1. The summed E-state index contributed by atoms with van der Waals surface area (Å²) in [6.45, 7) is 0.167. The van der Waals surface area contributed by atoms with Crippen LogP contribution in [0, 0.1) is 10.1 Å². The molecule has 0 aliphatic heterocycles. The first-order valence-corrected chi connectivity index (χ1v) is 9.12. The summed E-state index contributed by atoms with van der Waals surface area (Å²) < 4.78 is 43.8. The number of alkyl halides is 3. The van der Waals surface area contributed by atoms with E-state index in [-0.39, 0.29) is 35.1 Å². The summed E-state index contributed by atoms with van der Waals surface area (Å²) in [5.74, 6) is -2.70. The Bertz CT molecular complexity index is 970. The highest BCUT2D eigenvalue weighted by atomic mass is 35.5. The van der Waals surface area contributed by atoms with Crippen molar-refractivity contribution in [3.63, 3.8) is 0 Å². The van der Waals surface area contributed by atoms with Gasteiger partial charge in [-0.25, -0.2) is 0 Å². The molecule has 1 unspecified atom stereocenters. The average molecular weight is 463 g/mol. The molecule has 0 amide bonds. The van der Waals surface area contributed by atoms with E-state index in [1.807, 2.05) is 0 Å². The third-order valence-corrected chi connectivity index (χ3v) is 4.70. The molecule has 0 saturated carbocycles. The van der Waals surface area contributed by atoms with E-state index < -0.39 is 34.2 Å². The molecule has 0 aliphatic carbocycles. The summed E-state index contributed by atoms with van der Waals surface area (Å²) in [6.07, 6.45) is -4.60. The first-order chi connectivity index (χ1) is 14.4. The zero-order valence-electron chi connectivity index (χ0n) is 16.4. The number of hydrogen-bond acceptors (Lipinski definition) is 6. The Hall–Kier alpha value is -2.89. The Labute approximate surface area is 179 Å². The molecule has 0 saturated heterocycles. The van der Waals surface area contributed by atoms with Crippen LogP contribution in [-0.4, -0.2) is 41.8 Å². The summed E-state index contributed by atoms with van der Waals surface area (Å²) in [6, 6.07) is 5.90. The standard InChI is InChI=1S/C19H18ClF3N2O6/c1-24(30-2)8-7-13(18(26)27)14-10-12(4-5-16(14)25(28)29)31-17-6-3-11(9-15(17)20)19(21,22)23/h3-6,9-10,13H,7-8H2,1-2H3,(H,26,27). The van der Waals surface area contributed by atoms with Gasteiger partial charge in [0.05, 0.1) is 28.5 Å². The van der Waals surface area contributed by atoms with E-state index in [0.29, 0.717) is 6.07 Å². The molecule has 0 aromatic heterocycles. The lowest BCUT2D eigenvalue weighted by Crippen LogP contribution is -2.23. The zero-order chi connectivity index (χ0) is 23.3. The molecule has 8 nitrogen and oxygen atoms in total. The maximum atomic E-state index is 12.8. The van der Waals surface area contributed by atoms with Crippen molar-refractivity contribution in [1.29, 1.82) is 0 Å². The van der Waals surface area contributed by atoms with Gasteiger partial charge in [0.25, 0.3) is 5.69 Å². The lowest BCUT2D eigenvalue weighted by Gasteiger charge is -2.18. The summed E-state index contributed by atoms with van der Waals surface area (Å²) in [7, 11) is 2.96. The number of hydrogen-bond donors (Lipinski definition) is 1. The van der Waals surface area contributed by atoms with Gasteiger partial charge in [0, 0.05) is 25.2 Å². The number of carboxylic acid groups (broad SMARTS) is 1. The van der Waals surface area contributed by atoms with Gasteiger partial charge in [-0.1, -0.05) is 11.6 Å². The minimum atomic E-state index is -4.59. The van der Waals surface area contributed by atoms with Gasteiger partial charge in [-0.05, 0) is 36.8 Å². The third kappa shape index (κ3) is 6.29. The lowest BCUT2D eigenvalue weighted by molar-refractivity contribution is -0.385. The number of nitro benzene ring substituents is 1. The second kappa shape index (κ2) is 9.94. The number of carbonyl (C=O) groups is 1. The number of aliphatic carboxylic acids is 1. The molecule has 0 radical (unpaired) electrons. The van der Waals surface area contributed by atoms with Gasteiger partial charge in [0.2, 0.25) is 0 Å². The van der Waals surface area contributed by atoms with Gasteiger partial charge >= 0.3 is 12.1 Å². The van der Waals surface area contributed by atoms with Gasteiger partial charge in [-0.3, -0.25) is 14.9 Å². The van der Waals surface area contributed by atoms with Crippen molar-refractivity contribution in [2.75, 3.05) is 20.7 Å². The van der Waals surface area contributed by atoms with E-state index in [2.05, 4.69) is 0 Å². The highest BCUT2D eigenvalue weighted by Gasteiger charge is 2.31. The normalized spacial score (nSPS) is 12.6. The number of nitro groups is 1. The summed E-state index contributed by atoms with van der Waals surface area (Å²) in [5, 5.41) is 22.0. The van der Waals surface area contributed by atoms with Crippen LogP contribution in [0.3, 0.4) is 0 Å². The molecule has 1 atom stereocenters. The van der Waals surface area contributed by atoms with E-state index in [4.69, 9.17) is 21.2 Å². The number of ether oxygens (including phenoxy) is 1. The van der Waals surface area contributed by atoms with Crippen molar-refractivity contribution in [2.24, 2.45) is 0 Å². The fraction of sp³-hybridized carbons (Fsp3) is 0.316. The second-order valence-corrected chi connectivity index (χ2v) is 6.84. The van der Waals surface area contributed by atoms with Gasteiger partial charge < -0.3 is 14.7 Å². The number of nitrogens with zero attached hydrogens (tertiary/aromatic N) is 2. The molecule has 0 fully saturated rings. The average Bonchev–Trinajstić information content (AvgIpc) is 2.68. The van der Waals surface area contributed by atoms with E-state index in [1.165, 1.54) is 18.2 Å². The van der Waals surface area contributed by atoms with Crippen LogP contribution in [0.4, 0.5) is 18.9 Å². The van der Waals surface area contributed by atoms with Gasteiger partial charge in [-0.2, -0.15) is 18.2 Å². The van der Waals surface area contributed by atoms with Crippen LogP contribution >= 0.6 is 11.6 Å². The first kappa shape index (κ1) is 24.4. The maximum Gasteiger partial charge on any atom is 0.416 e. The lowest BCUT2D eigenvalue weighted by atomic mass is 9.94. The number of rotatable bonds is 9. The van der Waals surface area contributed by atoms with Gasteiger partial charge in [0.15, 0.2) is 0 Å². The van der Waals surface area contributed by atoms with Crippen LogP contribution in [0.1, 0.15) is 23.5 Å². The van der Waals surface area contributed by atoms with Gasteiger partial charge in [-0.15, -0.1) is 0 Å². The molecule has 0 spiro atoms. The predicted molar refractivity (Wildman–Crippen MR) is 104 cm³/mol. The van der Waals surface area contributed by atoms with Crippen LogP contribution in [-0.2, 0) is 15.8 Å². The van der Waals surface area contributed by atoms with E-state index >= 15 is 0 Å². The summed E-state index contributed by atoms with van der Waals surface area (Å²) >= 11 is 5.87. The fourth-order valence-electron chi connectivity index (χ4n) is 2.74. The van der Waals surface area contributed by atoms with Crippen LogP contribution in [0.15, 0.2) is 36.4 Å². The summed E-state index contributed by atoms with van der Waals surface area (Å²) in [5.41, 5.74) is -1.52. The van der Waals surface area contributed by atoms with E-state index in [9.17, 15) is 33.2 Å². The Balaban J connectivity index is 2.41. The highest BCUT2D eigenvalue weighted by molar-refractivity contribution is 6.32. The van der Waals surface area contributed by atoms with Crippen molar-refractivity contribution in [1.82, 2.24) is 5.06 Å². The number of halogens is 4. The largest absolute Gasteiger partial charge is 0.481 e. The Morgan fingerprint density at radius 3 is 2.48 bits per heavy atom. The SMILES string of the molecule is CON(C)CCC(C(=O)O)c1cc(Oc2ccc(C(F)(F)F)cc2Cl)ccc1[N+](=O)[O-]. The van der Waals surface area contributed by atoms with E-state index in [0.717, 1.165) is 24.3 Å².